The maximum atomic E-state index is 13.1. The standard InChI is InChI=1S/C23H17F3N2O3/c1-31-22(30)16-10-7-15(8-11-16)9-13-19(29)18-12-14-20(23(24,25)26)28-21(18)27-17-5-3-2-4-6-17/h2-14H,1H3,(H,27,28). The summed E-state index contributed by atoms with van der Waals surface area (Å²) in [7, 11) is 1.27. The average Bonchev–Trinajstić information content (AvgIpc) is 2.77. The first kappa shape index (κ1) is 21.8. The number of aromatic nitrogens is 1. The molecule has 3 rings (SSSR count). The minimum absolute atomic E-state index is 0.0146. The van der Waals surface area contributed by atoms with Crippen molar-refractivity contribution in [3.05, 3.63) is 95.2 Å². The topological polar surface area (TPSA) is 68.3 Å². The third kappa shape index (κ3) is 5.57. The lowest BCUT2D eigenvalue weighted by atomic mass is 10.1. The van der Waals surface area contributed by atoms with Crippen LogP contribution in [0.4, 0.5) is 24.7 Å². The van der Waals surface area contributed by atoms with Gasteiger partial charge in [0.1, 0.15) is 11.5 Å². The summed E-state index contributed by atoms with van der Waals surface area (Å²) < 4.78 is 43.9. The van der Waals surface area contributed by atoms with E-state index in [9.17, 15) is 22.8 Å². The number of hydrogen-bond donors (Lipinski definition) is 1. The maximum absolute atomic E-state index is 13.1. The second kappa shape index (κ2) is 9.25. The number of hydrogen-bond acceptors (Lipinski definition) is 5. The van der Waals surface area contributed by atoms with E-state index in [2.05, 4.69) is 15.0 Å². The number of ether oxygens (including phenoxy) is 1. The van der Waals surface area contributed by atoms with E-state index in [-0.39, 0.29) is 11.4 Å². The van der Waals surface area contributed by atoms with Gasteiger partial charge in [-0.15, -0.1) is 0 Å². The van der Waals surface area contributed by atoms with Gasteiger partial charge in [-0.2, -0.15) is 13.2 Å². The lowest BCUT2D eigenvalue weighted by Gasteiger charge is -2.13. The number of para-hydroxylation sites is 1. The summed E-state index contributed by atoms with van der Waals surface area (Å²) in [5.74, 6) is -1.22. The number of carbonyl (C=O) groups excluding carboxylic acids is 2. The Morgan fingerprint density at radius 3 is 2.26 bits per heavy atom. The van der Waals surface area contributed by atoms with E-state index in [0.717, 1.165) is 12.1 Å². The number of allylic oxidation sites excluding steroid dienone is 1. The number of nitrogens with zero attached hydrogens (tertiary/aromatic N) is 1. The number of ketones is 1. The monoisotopic (exact) mass is 426 g/mol. The van der Waals surface area contributed by atoms with Crippen LogP contribution in [0.5, 0.6) is 0 Å². The fourth-order valence-electron chi connectivity index (χ4n) is 2.68. The number of benzene rings is 2. The van der Waals surface area contributed by atoms with Crippen LogP contribution in [0.25, 0.3) is 6.08 Å². The zero-order valence-electron chi connectivity index (χ0n) is 16.3. The fraction of sp³-hybridized carbons (Fsp3) is 0.0870. The molecule has 1 N–H and O–H groups in total. The van der Waals surface area contributed by atoms with Crippen LogP contribution in [0.3, 0.4) is 0 Å². The average molecular weight is 426 g/mol. The Hall–Kier alpha value is -3.94. The molecule has 0 amide bonds. The van der Waals surface area contributed by atoms with Gasteiger partial charge in [0.05, 0.1) is 18.2 Å². The van der Waals surface area contributed by atoms with E-state index >= 15 is 0 Å². The van der Waals surface area contributed by atoms with Crippen LogP contribution in [0.15, 0.2) is 72.8 Å². The third-order valence-corrected chi connectivity index (χ3v) is 4.25. The van der Waals surface area contributed by atoms with Crippen molar-refractivity contribution < 1.29 is 27.5 Å². The Morgan fingerprint density at radius 2 is 1.65 bits per heavy atom. The van der Waals surface area contributed by atoms with E-state index < -0.39 is 23.6 Å². The van der Waals surface area contributed by atoms with Crippen LogP contribution in [-0.4, -0.2) is 23.8 Å². The molecule has 0 radical (unpaired) electrons. The van der Waals surface area contributed by atoms with E-state index in [1.165, 1.54) is 31.4 Å². The number of rotatable bonds is 6. The summed E-state index contributed by atoms with van der Waals surface area (Å²) in [6.45, 7) is 0. The number of alkyl halides is 3. The molecule has 0 saturated heterocycles. The van der Waals surface area contributed by atoms with E-state index in [0.29, 0.717) is 16.8 Å². The lowest BCUT2D eigenvalue weighted by molar-refractivity contribution is -0.141. The third-order valence-electron chi connectivity index (χ3n) is 4.25. The van der Waals surface area contributed by atoms with Crippen molar-refractivity contribution in [1.29, 1.82) is 0 Å². The van der Waals surface area contributed by atoms with Gasteiger partial charge in [-0.1, -0.05) is 36.4 Å². The molecule has 0 aliphatic heterocycles. The van der Waals surface area contributed by atoms with Crippen molar-refractivity contribution >= 4 is 29.3 Å². The van der Waals surface area contributed by atoms with Gasteiger partial charge in [-0.05, 0) is 48.0 Å². The highest BCUT2D eigenvalue weighted by Crippen LogP contribution is 2.30. The van der Waals surface area contributed by atoms with Gasteiger partial charge < -0.3 is 10.1 Å². The molecule has 2 aromatic carbocycles. The molecule has 5 nitrogen and oxygen atoms in total. The number of halogens is 3. The van der Waals surface area contributed by atoms with E-state index in [4.69, 9.17) is 0 Å². The first-order valence-corrected chi connectivity index (χ1v) is 9.09. The Labute approximate surface area is 176 Å². The van der Waals surface area contributed by atoms with Gasteiger partial charge >= 0.3 is 12.1 Å². The molecular weight excluding hydrogens is 409 g/mol. The molecule has 0 aliphatic carbocycles. The molecule has 0 bridgehead atoms. The molecule has 1 heterocycles. The summed E-state index contributed by atoms with van der Waals surface area (Å²) in [4.78, 5) is 27.8. The second-order valence-corrected chi connectivity index (χ2v) is 6.39. The maximum Gasteiger partial charge on any atom is 0.433 e. The van der Waals surface area contributed by atoms with Crippen molar-refractivity contribution in [2.45, 2.75) is 6.18 Å². The van der Waals surface area contributed by atoms with Gasteiger partial charge in [-0.25, -0.2) is 9.78 Å². The molecule has 31 heavy (non-hydrogen) atoms. The SMILES string of the molecule is COC(=O)c1ccc(C=CC(=O)c2ccc(C(F)(F)F)nc2Nc2ccccc2)cc1. The molecule has 0 fully saturated rings. The number of pyridine rings is 1. The Bertz CT molecular complexity index is 1110. The van der Waals surface area contributed by atoms with Crippen LogP contribution in [0, 0.1) is 0 Å². The van der Waals surface area contributed by atoms with Crippen LogP contribution in [0.2, 0.25) is 0 Å². The lowest BCUT2D eigenvalue weighted by Crippen LogP contribution is -2.12. The Balaban J connectivity index is 1.88. The molecule has 0 aliphatic rings. The fourth-order valence-corrected chi connectivity index (χ4v) is 2.68. The first-order valence-electron chi connectivity index (χ1n) is 9.09. The Morgan fingerprint density at radius 1 is 0.968 bits per heavy atom. The zero-order valence-corrected chi connectivity index (χ0v) is 16.3. The number of carbonyl (C=O) groups is 2. The summed E-state index contributed by atoms with van der Waals surface area (Å²) in [5.41, 5.74) is 0.348. The highest BCUT2D eigenvalue weighted by atomic mass is 19.4. The second-order valence-electron chi connectivity index (χ2n) is 6.39. The quantitative estimate of drug-likeness (QED) is 0.319. The van der Waals surface area contributed by atoms with Gasteiger partial charge in [0.15, 0.2) is 5.78 Å². The molecule has 158 valence electrons. The minimum Gasteiger partial charge on any atom is -0.465 e. The van der Waals surface area contributed by atoms with Crippen molar-refractivity contribution in [1.82, 2.24) is 4.98 Å². The predicted molar refractivity (Wildman–Crippen MR) is 110 cm³/mol. The van der Waals surface area contributed by atoms with E-state index in [1.807, 2.05) is 0 Å². The van der Waals surface area contributed by atoms with Gasteiger partial charge in [0.25, 0.3) is 0 Å². The molecule has 1 aromatic heterocycles. The molecular formula is C23H17F3N2O3. The number of nitrogens with one attached hydrogen (secondary N) is 1. The largest absolute Gasteiger partial charge is 0.465 e. The molecule has 0 atom stereocenters. The molecule has 8 heteroatoms. The minimum atomic E-state index is -4.65. The van der Waals surface area contributed by atoms with Crippen molar-refractivity contribution in [2.24, 2.45) is 0 Å². The zero-order chi connectivity index (χ0) is 22.4. The van der Waals surface area contributed by atoms with Crippen LogP contribution in [-0.2, 0) is 10.9 Å². The number of anilines is 2. The van der Waals surface area contributed by atoms with Crippen LogP contribution < -0.4 is 5.32 Å². The van der Waals surface area contributed by atoms with E-state index in [1.54, 1.807) is 42.5 Å². The molecule has 0 saturated carbocycles. The predicted octanol–water partition coefficient (Wildman–Crippen LogP) is 5.53. The smallest absolute Gasteiger partial charge is 0.433 e. The number of methoxy groups -OCH3 is 1. The van der Waals surface area contributed by atoms with Gasteiger partial charge in [0, 0.05) is 5.69 Å². The van der Waals surface area contributed by atoms with Gasteiger partial charge in [0.2, 0.25) is 0 Å². The van der Waals surface area contributed by atoms with Crippen LogP contribution >= 0.6 is 0 Å². The summed E-state index contributed by atoms with van der Waals surface area (Å²) in [6.07, 6.45) is -1.92. The number of esters is 1. The van der Waals surface area contributed by atoms with Crippen LogP contribution in [0.1, 0.15) is 32.0 Å². The van der Waals surface area contributed by atoms with Crippen molar-refractivity contribution in [3.63, 3.8) is 0 Å². The molecule has 0 spiro atoms. The van der Waals surface area contributed by atoms with Crippen molar-refractivity contribution in [2.75, 3.05) is 12.4 Å². The summed E-state index contributed by atoms with van der Waals surface area (Å²) >= 11 is 0. The summed E-state index contributed by atoms with van der Waals surface area (Å²) in [5, 5.41) is 2.77. The normalized spacial score (nSPS) is 11.4. The molecule has 0 unspecified atom stereocenters. The highest BCUT2D eigenvalue weighted by Gasteiger charge is 2.33. The first-order chi connectivity index (χ1) is 14.8. The highest BCUT2D eigenvalue weighted by molar-refractivity contribution is 6.10. The van der Waals surface area contributed by atoms with Crippen molar-refractivity contribution in [3.8, 4) is 0 Å². The molecule has 3 aromatic rings. The summed E-state index contributed by atoms with van der Waals surface area (Å²) in [6, 6.07) is 16.6. The van der Waals surface area contributed by atoms with Gasteiger partial charge in [-0.3, -0.25) is 4.79 Å². The Kier molecular flexibility index (Phi) is 6.49.